The highest BCUT2D eigenvalue weighted by Crippen LogP contribution is 2.33. The van der Waals surface area contributed by atoms with E-state index in [0.717, 1.165) is 21.6 Å². The number of fused-ring (bicyclic) bond motifs is 4. The Morgan fingerprint density at radius 3 is 2.29 bits per heavy atom. The van der Waals surface area contributed by atoms with Crippen molar-refractivity contribution in [3.05, 3.63) is 29.8 Å². The number of benzene rings is 1. The van der Waals surface area contributed by atoms with E-state index in [0.29, 0.717) is 22.9 Å². The molecule has 1 saturated heterocycles. The van der Waals surface area contributed by atoms with Crippen LogP contribution in [0, 0.1) is 11.8 Å². The number of rotatable bonds is 7. The van der Waals surface area contributed by atoms with Crippen molar-refractivity contribution in [3.8, 4) is 0 Å². The Morgan fingerprint density at radius 2 is 1.61 bits per heavy atom. The van der Waals surface area contributed by atoms with Crippen LogP contribution in [0.25, 0.3) is 10.9 Å². The molecule has 4 heterocycles. The fraction of sp³-hybridized carbons (Fsp3) is 0.564. The SMILES string of the molecule is CC[C@H](C)[C@@H]1NC(=O)CNC(=O)[C@@H]2Cc3c([nH]c4ccccc34)S[C@H](NC(=O)CN(C)C1=O)C(=O)N[C@@H](CC(N)=O)C(=O)N1C[C@H](O)C[C@H]1C(=O)N[C@@H]([C@@H](C)[C@@H](O)CO)C(=O)N2. The molecule has 0 unspecified atom stereocenters. The zero-order valence-corrected chi connectivity index (χ0v) is 35.5. The van der Waals surface area contributed by atoms with Crippen molar-refractivity contribution in [2.24, 2.45) is 17.6 Å². The van der Waals surface area contributed by atoms with Gasteiger partial charge in [0.2, 0.25) is 47.3 Å². The Morgan fingerprint density at radius 1 is 0.903 bits per heavy atom. The van der Waals surface area contributed by atoms with Gasteiger partial charge < -0.3 is 67.7 Å². The number of primary amides is 1. The van der Waals surface area contributed by atoms with Crippen molar-refractivity contribution in [1.82, 2.24) is 46.7 Å². The van der Waals surface area contributed by atoms with E-state index >= 15 is 0 Å². The molecule has 10 atom stereocenters. The average Bonchev–Trinajstić information content (AvgIpc) is 3.80. The molecule has 23 heteroatoms. The number of carbonyl (C=O) groups excluding carboxylic acids is 9. The van der Waals surface area contributed by atoms with Crippen molar-refractivity contribution in [2.45, 2.75) is 99.3 Å². The fourth-order valence-electron chi connectivity index (χ4n) is 7.57. The van der Waals surface area contributed by atoms with Crippen LogP contribution in [0.4, 0.5) is 0 Å². The lowest BCUT2D eigenvalue weighted by Crippen LogP contribution is -2.61. The Kier molecular flexibility index (Phi) is 15.5. The molecule has 1 fully saturated rings. The summed E-state index contributed by atoms with van der Waals surface area (Å²) in [4.78, 5) is 130. The first-order chi connectivity index (χ1) is 29.3. The number of aromatic amines is 1. The van der Waals surface area contributed by atoms with Crippen molar-refractivity contribution in [3.63, 3.8) is 0 Å². The zero-order chi connectivity index (χ0) is 45.6. The lowest BCUT2D eigenvalue weighted by molar-refractivity contribution is -0.144. The van der Waals surface area contributed by atoms with Crippen LogP contribution in [0.3, 0.4) is 0 Å². The summed E-state index contributed by atoms with van der Waals surface area (Å²) in [5, 5.41) is 45.7. The molecule has 0 aliphatic carbocycles. The molecule has 1 aromatic carbocycles. The molecular weight excluding hydrogens is 833 g/mol. The van der Waals surface area contributed by atoms with Crippen LogP contribution in [0.2, 0.25) is 0 Å². The van der Waals surface area contributed by atoms with E-state index in [9.17, 15) is 58.5 Å². The summed E-state index contributed by atoms with van der Waals surface area (Å²) < 4.78 is 0. The minimum absolute atomic E-state index is 0.195. The van der Waals surface area contributed by atoms with E-state index in [4.69, 9.17) is 5.73 Å². The third-order valence-corrected chi connectivity index (χ3v) is 12.5. The van der Waals surface area contributed by atoms with Gasteiger partial charge in [-0.15, -0.1) is 0 Å². The first kappa shape index (κ1) is 47.3. The summed E-state index contributed by atoms with van der Waals surface area (Å²) in [5.74, 6) is -9.95. The number of aliphatic hydroxyl groups is 3. The van der Waals surface area contributed by atoms with E-state index in [-0.39, 0.29) is 17.9 Å². The van der Waals surface area contributed by atoms with Crippen LogP contribution in [0.15, 0.2) is 29.3 Å². The maximum Gasteiger partial charge on any atom is 0.254 e. The van der Waals surface area contributed by atoms with Crippen LogP contribution < -0.4 is 37.6 Å². The van der Waals surface area contributed by atoms with E-state index in [1.165, 1.54) is 14.0 Å². The second-order valence-electron chi connectivity index (χ2n) is 15.9. The van der Waals surface area contributed by atoms with Gasteiger partial charge in [0.05, 0.1) is 43.4 Å². The highest BCUT2D eigenvalue weighted by Gasteiger charge is 2.45. The van der Waals surface area contributed by atoms with Crippen molar-refractivity contribution in [1.29, 1.82) is 0 Å². The summed E-state index contributed by atoms with van der Waals surface area (Å²) in [6.07, 6.45) is -3.93. The maximum absolute atomic E-state index is 14.4. The normalized spacial score (nSPS) is 27.8. The van der Waals surface area contributed by atoms with Gasteiger partial charge in [0.15, 0.2) is 5.37 Å². The van der Waals surface area contributed by atoms with Gasteiger partial charge in [0.25, 0.3) is 5.91 Å². The van der Waals surface area contributed by atoms with E-state index in [1.807, 2.05) is 0 Å². The lowest BCUT2D eigenvalue weighted by atomic mass is 9.94. The minimum atomic E-state index is -1.74. The summed E-state index contributed by atoms with van der Waals surface area (Å²) in [7, 11) is 1.32. The second kappa shape index (κ2) is 20.4. The molecule has 3 aliphatic rings. The quantitative estimate of drug-likeness (QED) is 0.126. The standard InChI is InChI=1S/C39H54N10O12S/c1-5-17(2)30-39(61)48(4)15-29(55)46-37-35(59)43-24(12-27(40)53)38(60)49-14-19(51)10-25(49)33(57)47-31(18(3)26(52)16-50)34(58)42-23(32(56)41-13-28(54)45-30)11-21-20-8-6-7-9-22(20)44-36(21)62-37/h6-9,17-19,23-26,30-31,37,44,50-52H,5,10-16H2,1-4H3,(H2,40,53)(H,41,56)(H,42,58)(H,43,59)(H,45,54)(H,46,55)(H,47,57)/t17-,18-,19+,23-,24-,25-,26-,30-,31-,37-/m0/s1. The van der Waals surface area contributed by atoms with Crippen molar-refractivity contribution < 1.29 is 58.5 Å². The molecule has 62 heavy (non-hydrogen) atoms. The van der Waals surface area contributed by atoms with Gasteiger partial charge >= 0.3 is 0 Å². The Hall–Kier alpha value is -5.78. The second-order valence-corrected chi connectivity index (χ2v) is 17.0. The predicted octanol–water partition coefficient (Wildman–Crippen LogP) is -4.34. The van der Waals surface area contributed by atoms with Gasteiger partial charge in [0.1, 0.15) is 30.2 Å². The molecular formula is C39H54N10O12S. The molecule has 0 saturated carbocycles. The number of hydrogen-bond donors (Lipinski definition) is 11. The molecule has 1 aromatic heterocycles. The van der Waals surface area contributed by atoms with E-state index < -0.39 is 145 Å². The first-order valence-corrected chi connectivity index (χ1v) is 21.1. The topological polar surface area (TPSA) is 335 Å². The maximum atomic E-state index is 14.4. The number of nitrogens with one attached hydrogen (secondary N) is 7. The molecule has 22 nitrogen and oxygen atoms in total. The number of thioether (sulfide) groups is 1. The molecule has 338 valence electrons. The minimum Gasteiger partial charge on any atom is -0.394 e. The van der Waals surface area contributed by atoms with Gasteiger partial charge in [-0.2, -0.15) is 0 Å². The summed E-state index contributed by atoms with van der Waals surface area (Å²) in [5.41, 5.74) is 6.36. The molecule has 9 amide bonds. The van der Waals surface area contributed by atoms with Crippen LogP contribution >= 0.6 is 11.8 Å². The monoisotopic (exact) mass is 886 g/mol. The number of carbonyl (C=O) groups is 9. The Balaban J connectivity index is 1.72. The average molecular weight is 887 g/mol. The lowest BCUT2D eigenvalue weighted by Gasteiger charge is -2.32. The summed E-state index contributed by atoms with van der Waals surface area (Å²) in [6, 6.07) is -0.869. The number of para-hydroxylation sites is 1. The van der Waals surface area contributed by atoms with Gasteiger partial charge in [-0.05, 0) is 17.5 Å². The molecule has 2 aromatic rings. The smallest absolute Gasteiger partial charge is 0.254 e. The van der Waals surface area contributed by atoms with Gasteiger partial charge in [-0.1, -0.05) is 57.2 Å². The largest absolute Gasteiger partial charge is 0.394 e. The number of likely N-dealkylation sites (N-methyl/N-ethyl adjacent to an activating group) is 1. The van der Waals surface area contributed by atoms with E-state index in [2.05, 4.69) is 36.9 Å². The Labute approximate surface area is 360 Å². The van der Waals surface area contributed by atoms with E-state index in [1.54, 1.807) is 38.1 Å². The number of H-pyrrole nitrogens is 1. The van der Waals surface area contributed by atoms with Gasteiger partial charge in [0, 0.05) is 43.3 Å². The van der Waals surface area contributed by atoms with Crippen molar-refractivity contribution >= 4 is 75.8 Å². The Bertz CT molecular complexity index is 2080. The van der Waals surface area contributed by atoms with Crippen LogP contribution in [0.1, 0.15) is 45.6 Å². The number of nitrogens with zero attached hydrogens (tertiary/aromatic N) is 2. The predicted molar refractivity (Wildman–Crippen MR) is 220 cm³/mol. The highest BCUT2D eigenvalue weighted by molar-refractivity contribution is 8.00. The zero-order valence-electron chi connectivity index (χ0n) is 34.6. The van der Waals surface area contributed by atoms with Gasteiger partial charge in [-0.3, -0.25) is 43.2 Å². The molecule has 2 bridgehead atoms. The molecule has 0 radical (unpaired) electrons. The number of hydrogen-bond acceptors (Lipinski definition) is 13. The number of aromatic nitrogens is 1. The van der Waals surface area contributed by atoms with Crippen LogP contribution in [0.5, 0.6) is 0 Å². The number of amides is 9. The molecule has 0 spiro atoms. The van der Waals surface area contributed by atoms with Gasteiger partial charge in [-0.25, -0.2) is 0 Å². The summed E-state index contributed by atoms with van der Waals surface area (Å²) >= 11 is 0.741. The highest BCUT2D eigenvalue weighted by atomic mass is 32.2. The van der Waals surface area contributed by atoms with Crippen molar-refractivity contribution in [2.75, 3.05) is 33.3 Å². The van der Waals surface area contributed by atoms with Crippen LogP contribution in [-0.2, 0) is 49.6 Å². The third kappa shape index (κ3) is 11.0. The fourth-order valence-corrected chi connectivity index (χ4v) is 8.67. The molecule has 12 N–H and O–H groups in total. The van der Waals surface area contributed by atoms with Crippen LogP contribution in [-0.4, -0.2) is 164 Å². The first-order valence-electron chi connectivity index (χ1n) is 20.2. The molecule has 5 rings (SSSR count). The molecule has 3 aliphatic heterocycles. The third-order valence-electron chi connectivity index (χ3n) is 11.3. The summed E-state index contributed by atoms with van der Waals surface area (Å²) in [6.45, 7) is 2.27. The number of nitrogens with two attached hydrogens (primary N) is 1. The number of aliphatic hydroxyl groups excluding tert-OH is 3.